The first-order valence-electron chi connectivity index (χ1n) is 14.4. The minimum Gasteiger partial charge on any atom is -0.394 e. The lowest BCUT2D eigenvalue weighted by atomic mass is 9.66. The molecule has 40 heavy (non-hydrogen) atoms. The summed E-state index contributed by atoms with van der Waals surface area (Å²) in [5.41, 5.74) is 1.49. The second-order valence-electron chi connectivity index (χ2n) is 12.1. The van der Waals surface area contributed by atoms with Crippen molar-refractivity contribution in [2.45, 2.75) is 83.7 Å². The fourth-order valence-corrected chi connectivity index (χ4v) is 7.33. The zero-order valence-electron chi connectivity index (χ0n) is 24.1. The van der Waals surface area contributed by atoms with E-state index in [0.717, 1.165) is 23.1 Å². The van der Waals surface area contributed by atoms with Crippen LogP contribution in [0.1, 0.15) is 56.7 Å². The van der Waals surface area contributed by atoms with Crippen LogP contribution in [0, 0.1) is 31.6 Å². The summed E-state index contributed by atoms with van der Waals surface area (Å²) in [6, 6.07) is 13.9. The van der Waals surface area contributed by atoms with Gasteiger partial charge in [-0.05, 0) is 56.2 Å². The Morgan fingerprint density at radius 2 is 1.75 bits per heavy atom. The lowest BCUT2D eigenvalue weighted by molar-refractivity contribution is -0.149. The Kier molecular flexibility index (Phi) is 7.52. The third-order valence-corrected chi connectivity index (χ3v) is 9.63. The molecule has 3 fully saturated rings. The molecule has 7 atom stereocenters. The van der Waals surface area contributed by atoms with Crippen LogP contribution in [-0.4, -0.2) is 57.6 Å². The number of carbonyl (C=O) groups is 3. The summed E-state index contributed by atoms with van der Waals surface area (Å²) in [5, 5.41) is 16.6. The SMILES string of the molecule is CC[C@H](C)[C@H](CO)N1C(=O)[C@@H]2[C@H](C(=O)NCc3ccccc3)[C@]3(C)CCC2(O3)C1C(=O)Nc1c(C)cccc1C. The van der Waals surface area contributed by atoms with Gasteiger partial charge in [-0.1, -0.05) is 68.8 Å². The van der Waals surface area contributed by atoms with Gasteiger partial charge in [0, 0.05) is 12.2 Å². The number of amides is 3. The molecule has 3 saturated heterocycles. The molecule has 1 spiro atoms. The average Bonchev–Trinajstić information content (AvgIpc) is 3.51. The van der Waals surface area contributed by atoms with Gasteiger partial charge in [-0.2, -0.15) is 0 Å². The molecule has 3 amide bonds. The maximum atomic E-state index is 14.4. The highest BCUT2D eigenvalue weighted by Crippen LogP contribution is 2.63. The van der Waals surface area contributed by atoms with Crippen LogP contribution in [0.15, 0.2) is 48.5 Å². The first-order chi connectivity index (χ1) is 19.1. The molecular formula is C32H41N3O5. The van der Waals surface area contributed by atoms with Gasteiger partial charge in [0.05, 0.1) is 30.1 Å². The van der Waals surface area contributed by atoms with Gasteiger partial charge in [-0.3, -0.25) is 14.4 Å². The lowest BCUT2D eigenvalue weighted by Crippen LogP contribution is -2.57. The van der Waals surface area contributed by atoms with E-state index >= 15 is 0 Å². The van der Waals surface area contributed by atoms with E-state index in [9.17, 15) is 19.5 Å². The summed E-state index contributed by atoms with van der Waals surface area (Å²) in [6.07, 6.45) is 1.77. The molecule has 3 aliphatic heterocycles. The minimum absolute atomic E-state index is 0.0576. The molecule has 0 radical (unpaired) electrons. The summed E-state index contributed by atoms with van der Waals surface area (Å²) in [7, 11) is 0. The zero-order chi connectivity index (χ0) is 28.8. The predicted molar refractivity (Wildman–Crippen MR) is 152 cm³/mol. The van der Waals surface area contributed by atoms with Crippen LogP contribution in [0.3, 0.4) is 0 Å². The number of carbonyl (C=O) groups excluding carboxylic acids is 3. The van der Waals surface area contributed by atoms with E-state index in [1.165, 1.54) is 0 Å². The van der Waals surface area contributed by atoms with E-state index in [0.29, 0.717) is 25.1 Å². The molecule has 3 N–H and O–H groups in total. The molecule has 8 heteroatoms. The normalized spacial score (nSPS) is 30.2. The maximum Gasteiger partial charge on any atom is 0.250 e. The van der Waals surface area contributed by atoms with Crippen LogP contribution in [0.4, 0.5) is 5.69 Å². The number of aliphatic hydroxyl groups is 1. The van der Waals surface area contributed by atoms with Gasteiger partial charge in [-0.15, -0.1) is 0 Å². The monoisotopic (exact) mass is 547 g/mol. The summed E-state index contributed by atoms with van der Waals surface area (Å²) >= 11 is 0. The molecule has 214 valence electrons. The van der Waals surface area contributed by atoms with E-state index in [2.05, 4.69) is 10.6 Å². The van der Waals surface area contributed by atoms with E-state index in [4.69, 9.17) is 4.74 Å². The molecule has 5 rings (SSSR count). The van der Waals surface area contributed by atoms with Gasteiger partial charge < -0.3 is 25.4 Å². The van der Waals surface area contributed by atoms with Crippen molar-refractivity contribution < 1.29 is 24.2 Å². The predicted octanol–water partition coefficient (Wildman–Crippen LogP) is 3.73. The Hall–Kier alpha value is -3.23. The van der Waals surface area contributed by atoms with Crippen molar-refractivity contribution in [3.63, 3.8) is 0 Å². The van der Waals surface area contributed by atoms with Gasteiger partial charge in [0.1, 0.15) is 11.6 Å². The number of para-hydroxylation sites is 1. The number of ether oxygens (including phenoxy) is 1. The Bertz CT molecular complexity index is 1280. The van der Waals surface area contributed by atoms with Crippen molar-refractivity contribution in [1.82, 2.24) is 10.2 Å². The first-order valence-corrected chi connectivity index (χ1v) is 14.4. The summed E-state index contributed by atoms with van der Waals surface area (Å²) in [4.78, 5) is 44.0. The second-order valence-corrected chi connectivity index (χ2v) is 12.1. The number of rotatable bonds is 9. The maximum absolute atomic E-state index is 14.4. The molecule has 2 unspecified atom stereocenters. The van der Waals surface area contributed by atoms with Crippen molar-refractivity contribution >= 4 is 23.4 Å². The minimum atomic E-state index is -1.15. The molecular weight excluding hydrogens is 506 g/mol. The number of aliphatic hydroxyl groups excluding tert-OH is 1. The van der Waals surface area contributed by atoms with Gasteiger partial charge in [0.15, 0.2) is 0 Å². The summed E-state index contributed by atoms with van der Waals surface area (Å²) in [5.74, 6) is -2.49. The van der Waals surface area contributed by atoms with Crippen LogP contribution >= 0.6 is 0 Å². The molecule has 2 aromatic carbocycles. The quantitative estimate of drug-likeness (QED) is 0.444. The van der Waals surface area contributed by atoms with Crippen LogP contribution in [0.25, 0.3) is 0 Å². The van der Waals surface area contributed by atoms with Gasteiger partial charge in [-0.25, -0.2) is 0 Å². The number of anilines is 1. The topological polar surface area (TPSA) is 108 Å². The van der Waals surface area contributed by atoms with Crippen molar-refractivity contribution in [1.29, 1.82) is 0 Å². The number of nitrogens with one attached hydrogen (secondary N) is 2. The Labute approximate surface area is 236 Å². The molecule has 0 aromatic heterocycles. The van der Waals surface area contributed by atoms with E-state index in [-0.39, 0.29) is 30.2 Å². The summed E-state index contributed by atoms with van der Waals surface area (Å²) < 4.78 is 6.73. The highest BCUT2D eigenvalue weighted by Gasteiger charge is 2.78. The Morgan fingerprint density at radius 3 is 2.38 bits per heavy atom. The van der Waals surface area contributed by atoms with Crippen LogP contribution < -0.4 is 10.6 Å². The third kappa shape index (κ3) is 4.41. The standard InChI is InChI=1S/C32H41N3O5/c1-6-19(2)23(18-36)35-27(29(38)34-26-20(3)11-10-12-21(26)4)32-16-15-31(5,40-32)24(25(32)30(35)39)28(37)33-17-22-13-8-7-9-14-22/h7-14,19,23-25,27,36H,6,15-18H2,1-5H3,(H,33,37)(H,34,38)/t19-,23-,24+,25-,27?,31-,32?/m0/s1. The molecule has 0 aliphatic carbocycles. The molecule has 3 aliphatic rings. The number of aryl methyl sites for hydroxylation is 2. The van der Waals surface area contributed by atoms with Gasteiger partial charge >= 0.3 is 0 Å². The fraction of sp³-hybridized carbons (Fsp3) is 0.531. The number of nitrogens with zero attached hydrogens (tertiary/aromatic N) is 1. The van der Waals surface area contributed by atoms with E-state index < -0.39 is 35.1 Å². The first kappa shape index (κ1) is 28.3. The lowest BCUT2D eigenvalue weighted by Gasteiger charge is -2.39. The van der Waals surface area contributed by atoms with Crippen LogP contribution in [-0.2, 0) is 25.7 Å². The van der Waals surface area contributed by atoms with Crippen molar-refractivity contribution in [2.75, 3.05) is 11.9 Å². The number of fused-ring (bicyclic) bond motifs is 1. The number of benzene rings is 2. The number of hydrogen-bond donors (Lipinski definition) is 3. The van der Waals surface area contributed by atoms with Crippen molar-refractivity contribution in [3.8, 4) is 0 Å². The molecule has 8 nitrogen and oxygen atoms in total. The van der Waals surface area contributed by atoms with E-state index in [1.807, 2.05) is 83.1 Å². The van der Waals surface area contributed by atoms with E-state index in [1.54, 1.807) is 4.90 Å². The molecule has 0 saturated carbocycles. The largest absolute Gasteiger partial charge is 0.394 e. The number of hydrogen-bond acceptors (Lipinski definition) is 5. The van der Waals surface area contributed by atoms with Crippen LogP contribution in [0.2, 0.25) is 0 Å². The molecule has 2 bridgehead atoms. The van der Waals surface area contributed by atoms with Crippen molar-refractivity contribution in [2.24, 2.45) is 17.8 Å². The summed E-state index contributed by atoms with van der Waals surface area (Å²) in [6.45, 7) is 9.80. The van der Waals surface area contributed by atoms with Crippen LogP contribution in [0.5, 0.6) is 0 Å². The molecule has 3 heterocycles. The second kappa shape index (κ2) is 10.6. The van der Waals surface area contributed by atoms with Gasteiger partial charge in [0.25, 0.3) is 0 Å². The Morgan fingerprint density at radius 1 is 1.07 bits per heavy atom. The molecule has 2 aromatic rings. The fourth-order valence-electron chi connectivity index (χ4n) is 7.33. The number of likely N-dealkylation sites (tertiary alicyclic amines) is 1. The third-order valence-electron chi connectivity index (χ3n) is 9.63. The average molecular weight is 548 g/mol. The zero-order valence-corrected chi connectivity index (χ0v) is 24.1. The van der Waals surface area contributed by atoms with Gasteiger partial charge in [0.2, 0.25) is 17.7 Å². The van der Waals surface area contributed by atoms with Crippen molar-refractivity contribution in [3.05, 3.63) is 65.2 Å². The smallest absolute Gasteiger partial charge is 0.250 e. The highest BCUT2D eigenvalue weighted by atomic mass is 16.5. The highest BCUT2D eigenvalue weighted by molar-refractivity contribution is 6.04. The Balaban J connectivity index is 1.53.